The van der Waals surface area contributed by atoms with Crippen LogP contribution in [0.4, 0.5) is 5.69 Å². The van der Waals surface area contributed by atoms with E-state index in [1.165, 1.54) is 6.26 Å². The molecule has 5 heteroatoms. The first kappa shape index (κ1) is 17.4. The third-order valence-electron chi connectivity index (χ3n) is 4.50. The minimum Gasteiger partial charge on any atom is -0.471 e. The van der Waals surface area contributed by atoms with Crippen molar-refractivity contribution in [1.82, 2.24) is 0 Å². The standard InChI is InChI=1S/C22H19NO3S/c1-27(24,25)20-14-12-18(13-15-20)22-23(19-10-6-3-7-11-19)21(16-26-22)17-8-4-2-5-9-17/h2-16,22H,1H3. The molecule has 4 nitrogen and oxygen atoms in total. The molecule has 0 spiro atoms. The van der Waals surface area contributed by atoms with E-state index in [4.69, 9.17) is 4.74 Å². The van der Waals surface area contributed by atoms with Crippen molar-refractivity contribution in [2.45, 2.75) is 11.1 Å². The Balaban J connectivity index is 1.75. The Labute approximate surface area is 159 Å². The van der Waals surface area contributed by atoms with Crippen LogP contribution in [0.5, 0.6) is 0 Å². The average Bonchev–Trinajstić information content (AvgIpc) is 3.14. The van der Waals surface area contributed by atoms with E-state index in [1.807, 2.05) is 60.7 Å². The second kappa shape index (κ2) is 6.93. The van der Waals surface area contributed by atoms with Crippen molar-refractivity contribution in [2.24, 2.45) is 0 Å². The van der Waals surface area contributed by atoms with E-state index in [1.54, 1.807) is 30.5 Å². The Morgan fingerprint density at radius 1 is 0.815 bits per heavy atom. The monoisotopic (exact) mass is 377 g/mol. The lowest BCUT2D eigenvalue weighted by atomic mass is 10.1. The van der Waals surface area contributed by atoms with Gasteiger partial charge in [-0.1, -0.05) is 60.7 Å². The van der Waals surface area contributed by atoms with E-state index in [2.05, 4.69) is 4.90 Å². The molecular weight excluding hydrogens is 358 g/mol. The lowest BCUT2D eigenvalue weighted by molar-refractivity contribution is 0.174. The molecule has 4 rings (SSSR count). The van der Waals surface area contributed by atoms with Crippen LogP contribution in [0.1, 0.15) is 17.4 Å². The van der Waals surface area contributed by atoms with Gasteiger partial charge in [-0.2, -0.15) is 0 Å². The zero-order valence-corrected chi connectivity index (χ0v) is 15.6. The van der Waals surface area contributed by atoms with E-state index in [0.717, 1.165) is 22.5 Å². The molecule has 1 heterocycles. The third-order valence-corrected chi connectivity index (χ3v) is 5.63. The first-order valence-corrected chi connectivity index (χ1v) is 10.5. The first-order chi connectivity index (χ1) is 13.0. The number of anilines is 1. The SMILES string of the molecule is CS(=O)(=O)c1ccc(C2OC=C(c3ccccc3)N2c2ccccc2)cc1. The minimum absolute atomic E-state index is 0.298. The molecule has 0 N–H and O–H groups in total. The number of nitrogens with zero attached hydrogens (tertiary/aromatic N) is 1. The van der Waals surface area contributed by atoms with Gasteiger partial charge in [-0.15, -0.1) is 0 Å². The van der Waals surface area contributed by atoms with E-state index in [-0.39, 0.29) is 6.23 Å². The molecule has 0 radical (unpaired) electrons. The predicted octanol–water partition coefficient (Wildman–Crippen LogP) is 4.62. The first-order valence-electron chi connectivity index (χ1n) is 8.59. The largest absolute Gasteiger partial charge is 0.471 e. The number of hydrogen-bond acceptors (Lipinski definition) is 4. The zero-order chi connectivity index (χ0) is 18.9. The van der Waals surface area contributed by atoms with Gasteiger partial charge in [-0.05, 0) is 24.3 Å². The highest BCUT2D eigenvalue weighted by Crippen LogP contribution is 2.41. The maximum absolute atomic E-state index is 11.7. The van der Waals surface area contributed by atoms with Crippen molar-refractivity contribution in [3.63, 3.8) is 0 Å². The molecule has 136 valence electrons. The molecule has 0 saturated carbocycles. The van der Waals surface area contributed by atoms with Crippen LogP contribution >= 0.6 is 0 Å². The van der Waals surface area contributed by atoms with E-state index in [9.17, 15) is 8.42 Å². The zero-order valence-electron chi connectivity index (χ0n) is 14.8. The smallest absolute Gasteiger partial charge is 0.202 e. The number of sulfone groups is 1. The molecule has 0 amide bonds. The summed E-state index contributed by atoms with van der Waals surface area (Å²) in [5.74, 6) is 0. The summed E-state index contributed by atoms with van der Waals surface area (Å²) in [6.07, 6.45) is 2.60. The molecule has 0 aliphatic carbocycles. The van der Waals surface area contributed by atoms with Gasteiger partial charge in [0, 0.05) is 23.1 Å². The molecular formula is C22H19NO3S. The molecule has 1 aliphatic rings. The summed E-state index contributed by atoms with van der Waals surface area (Å²) in [5, 5.41) is 0. The maximum atomic E-state index is 11.7. The molecule has 3 aromatic carbocycles. The van der Waals surface area contributed by atoms with Gasteiger partial charge in [-0.25, -0.2) is 8.42 Å². The van der Waals surface area contributed by atoms with Crippen LogP contribution < -0.4 is 4.90 Å². The molecule has 0 bridgehead atoms. The Kier molecular flexibility index (Phi) is 4.46. The second-order valence-corrected chi connectivity index (χ2v) is 8.42. The van der Waals surface area contributed by atoms with Crippen LogP contribution in [0.15, 0.2) is 96.1 Å². The van der Waals surface area contributed by atoms with E-state index < -0.39 is 9.84 Å². The van der Waals surface area contributed by atoms with E-state index in [0.29, 0.717) is 4.90 Å². The van der Waals surface area contributed by atoms with Crippen LogP contribution in [0, 0.1) is 0 Å². The fourth-order valence-electron chi connectivity index (χ4n) is 3.16. The summed E-state index contributed by atoms with van der Waals surface area (Å²) < 4.78 is 29.5. The molecule has 3 aromatic rings. The molecule has 0 aromatic heterocycles. The van der Waals surface area contributed by atoms with Crippen molar-refractivity contribution >= 4 is 21.2 Å². The van der Waals surface area contributed by atoms with Crippen molar-refractivity contribution in [2.75, 3.05) is 11.2 Å². The third kappa shape index (κ3) is 3.46. The van der Waals surface area contributed by atoms with Gasteiger partial charge < -0.3 is 4.74 Å². The van der Waals surface area contributed by atoms with Crippen molar-refractivity contribution in [3.05, 3.63) is 102 Å². The Hall–Kier alpha value is -3.05. The molecule has 0 saturated heterocycles. The number of para-hydroxylation sites is 1. The van der Waals surface area contributed by atoms with Gasteiger partial charge in [0.25, 0.3) is 0 Å². The molecule has 1 atom stereocenters. The van der Waals surface area contributed by atoms with Crippen molar-refractivity contribution < 1.29 is 13.2 Å². The molecule has 1 aliphatic heterocycles. The molecule has 0 fully saturated rings. The van der Waals surface area contributed by atoms with Crippen molar-refractivity contribution in [1.29, 1.82) is 0 Å². The second-order valence-electron chi connectivity index (χ2n) is 6.40. The van der Waals surface area contributed by atoms with Gasteiger partial charge in [-0.3, -0.25) is 4.90 Å². The predicted molar refractivity (Wildman–Crippen MR) is 107 cm³/mol. The summed E-state index contributed by atoms with van der Waals surface area (Å²) in [6, 6.07) is 26.9. The van der Waals surface area contributed by atoms with Crippen LogP contribution in [0.2, 0.25) is 0 Å². The lowest BCUT2D eigenvalue weighted by Crippen LogP contribution is -2.23. The van der Waals surface area contributed by atoms with Gasteiger partial charge >= 0.3 is 0 Å². The van der Waals surface area contributed by atoms with E-state index >= 15 is 0 Å². The number of rotatable bonds is 4. The lowest BCUT2D eigenvalue weighted by Gasteiger charge is -2.28. The minimum atomic E-state index is -3.23. The van der Waals surface area contributed by atoms with Crippen LogP contribution in [-0.2, 0) is 14.6 Å². The molecule has 1 unspecified atom stereocenters. The van der Waals surface area contributed by atoms with Gasteiger partial charge in [0.2, 0.25) is 6.23 Å². The van der Waals surface area contributed by atoms with Crippen LogP contribution in [0.25, 0.3) is 5.70 Å². The number of ether oxygens (including phenoxy) is 1. The summed E-state index contributed by atoms with van der Waals surface area (Å²) in [5.41, 5.74) is 3.89. The highest BCUT2D eigenvalue weighted by atomic mass is 32.2. The van der Waals surface area contributed by atoms with Gasteiger partial charge in [0.05, 0.1) is 10.6 Å². The van der Waals surface area contributed by atoms with Gasteiger partial charge in [0.1, 0.15) is 6.26 Å². The number of benzene rings is 3. The summed E-state index contributed by atoms with van der Waals surface area (Å²) in [7, 11) is -3.23. The Bertz CT molecular complexity index is 1060. The highest BCUT2D eigenvalue weighted by molar-refractivity contribution is 7.90. The fraction of sp³-hybridized carbons (Fsp3) is 0.0909. The van der Waals surface area contributed by atoms with Crippen LogP contribution in [-0.4, -0.2) is 14.7 Å². The average molecular weight is 377 g/mol. The Morgan fingerprint density at radius 3 is 2.00 bits per heavy atom. The van der Waals surface area contributed by atoms with Crippen LogP contribution in [0.3, 0.4) is 0 Å². The fourth-order valence-corrected chi connectivity index (χ4v) is 3.79. The summed E-state index contributed by atoms with van der Waals surface area (Å²) in [6.45, 7) is 0. The Morgan fingerprint density at radius 2 is 1.41 bits per heavy atom. The highest BCUT2D eigenvalue weighted by Gasteiger charge is 2.31. The quantitative estimate of drug-likeness (QED) is 0.665. The number of hydrogen-bond donors (Lipinski definition) is 0. The molecule has 27 heavy (non-hydrogen) atoms. The van der Waals surface area contributed by atoms with Crippen molar-refractivity contribution in [3.8, 4) is 0 Å². The maximum Gasteiger partial charge on any atom is 0.202 e. The normalized spacial score (nSPS) is 16.7. The topological polar surface area (TPSA) is 46.6 Å². The summed E-state index contributed by atoms with van der Waals surface area (Å²) >= 11 is 0. The van der Waals surface area contributed by atoms with Gasteiger partial charge in [0.15, 0.2) is 9.84 Å². The summed E-state index contributed by atoms with van der Waals surface area (Å²) in [4.78, 5) is 2.41.